The zero-order valence-electron chi connectivity index (χ0n) is 14.2. The van der Waals surface area contributed by atoms with Crippen molar-refractivity contribution >= 4 is 11.6 Å². The molecule has 132 valence electrons. The average Bonchev–Trinajstić information content (AvgIpc) is 3.21. The lowest BCUT2D eigenvalue weighted by Gasteiger charge is -2.06. The van der Waals surface area contributed by atoms with Crippen LogP contribution in [0.25, 0.3) is 22.5 Å². The molecule has 0 saturated carbocycles. The molecule has 0 saturated heterocycles. The summed E-state index contributed by atoms with van der Waals surface area (Å²) in [6, 6.07) is 18.0. The van der Waals surface area contributed by atoms with Crippen LogP contribution < -0.4 is 10.9 Å². The molecule has 1 aromatic carbocycles. The zero-order valence-corrected chi connectivity index (χ0v) is 14.2. The Morgan fingerprint density at radius 3 is 2.48 bits per heavy atom. The molecule has 0 unspecified atom stereocenters. The molecular formula is C21H15N3O3. The number of benzene rings is 1. The number of nitrogens with zero attached hydrogens (tertiary/aromatic N) is 1. The van der Waals surface area contributed by atoms with Crippen molar-refractivity contribution in [2.75, 3.05) is 5.32 Å². The van der Waals surface area contributed by atoms with Gasteiger partial charge in [-0.1, -0.05) is 30.3 Å². The number of hydrogen-bond donors (Lipinski definition) is 2. The molecule has 6 heteroatoms. The molecule has 0 fully saturated rings. The van der Waals surface area contributed by atoms with Crippen molar-refractivity contribution in [2.24, 2.45) is 0 Å². The van der Waals surface area contributed by atoms with Crippen LogP contribution in [-0.2, 0) is 0 Å². The maximum atomic E-state index is 12.5. The number of carbonyl (C=O) groups excluding carboxylic acids is 1. The van der Waals surface area contributed by atoms with Gasteiger partial charge in [0.05, 0.1) is 0 Å². The van der Waals surface area contributed by atoms with E-state index in [4.69, 9.17) is 4.42 Å². The van der Waals surface area contributed by atoms with Gasteiger partial charge in [-0.25, -0.2) is 0 Å². The minimum absolute atomic E-state index is 0.127. The van der Waals surface area contributed by atoms with Gasteiger partial charge < -0.3 is 14.7 Å². The summed E-state index contributed by atoms with van der Waals surface area (Å²) in [7, 11) is 0. The van der Waals surface area contributed by atoms with E-state index in [1.807, 2.05) is 42.5 Å². The van der Waals surface area contributed by atoms with E-state index < -0.39 is 11.5 Å². The maximum absolute atomic E-state index is 12.5. The third-order valence-electron chi connectivity index (χ3n) is 4.05. The molecule has 2 N–H and O–H groups in total. The van der Waals surface area contributed by atoms with Gasteiger partial charge in [0.2, 0.25) is 0 Å². The fourth-order valence-corrected chi connectivity index (χ4v) is 2.69. The zero-order chi connectivity index (χ0) is 18.6. The topological polar surface area (TPSA) is 88.0 Å². The Kier molecular flexibility index (Phi) is 4.37. The second-order valence-electron chi connectivity index (χ2n) is 5.85. The first-order valence-electron chi connectivity index (χ1n) is 8.30. The standard InChI is InChI=1S/C21H15N3O3/c25-20-17(12-16(13-23-20)14-8-10-22-11-9-14)24-21(26)19-7-6-18(27-19)15-4-2-1-3-5-15/h1-13H,(H,23,25)(H,24,26). The number of aromatic amines is 1. The van der Waals surface area contributed by atoms with E-state index in [1.165, 1.54) is 0 Å². The molecule has 0 aliphatic carbocycles. The molecule has 0 radical (unpaired) electrons. The average molecular weight is 357 g/mol. The van der Waals surface area contributed by atoms with Gasteiger partial charge in [-0.15, -0.1) is 0 Å². The minimum Gasteiger partial charge on any atom is -0.451 e. The number of rotatable bonds is 4. The van der Waals surface area contributed by atoms with Crippen LogP contribution in [0.1, 0.15) is 10.6 Å². The van der Waals surface area contributed by atoms with E-state index in [0.29, 0.717) is 5.76 Å². The van der Waals surface area contributed by atoms with Crippen LogP contribution in [0.5, 0.6) is 0 Å². The van der Waals surface area contributed by atoms with E-state index >= 15 is 0 Å². The van der Waals surface area contributed by atoms with E-state index in [1.54, 1.807) is 36.8 Å². The summed E-state index contributed by atoms with van der Waals surface area (Å²) in [4.78, 5) is 31.2. The van der Waals surface area contributed by atoms with Crippen molar-refractivity contribution in [2.45, 2.75) is 0 Å². The third-order valence-corrected chi connectivity index (χ3v) is 4.05. The molecule has 1 amide bonds. The summed E-state index contributed by atoms with van der Waals surface area (Å²) < 4.78 is 5.63. The van der Waals surface area contributed by atoms with Gasteiger partial charge in [-0.3, -0.25) is 14.6 Å². The lowest BCUT2D eigenvalue weighted by atomic mass is 10.1. The van der Waals surface area contributed by atoms with Crippen molar-refractivity contribution in [1.82, 2.24) is 9.97 Å². The van der Waals surface area contributed by atoms with Crippen LogP contribution in [-0.4, -0.2) is 15.9 Å². The summed E-state index contributed by atoms with van der Waals surface area (Å²) in [5.41, 5.74) is 2.26. The lowest BCUT2D eigenvalue weighted by molar-refractivity contribution is 0.0997. The minimum atomic E-state index is -0.491. The molecule has 0 aliphatic heterocycles. The van der Waals surface area contributed by atoms with Gasteiger partial charge in [0.1, 0.15) is 11.4 Å². The number of hydrogen-bond acceptors (Lipinski definition) is 4. The summed E-state index contributed by atoms with van der Waals surface area (Å²) in [6.07, 6.45) is 4.91. The van der Waals surface area contributed by atoms with Crippen molar-refractivity contribution in [3.05, 3.63) is 95.4 Å². The van der Waals surface area contributed by atoms with Crippen LogP contribution >= 0.6 is 0 Å². The van der Waals surface area contributed by atoms with Gasteiger partial charge in [0.25, 0.3) is 11.5 Å². The Morgan fingerprint density at radius 2 is 1.70 bits per heavy atom. The lowest BCUT2D eigenvalue weighted by Crippen LogP contribution is -2.19. The quantitative estimate of drug-likeness (QED) is 0.579. The van der Waals surface area contributed by atoms with Gasteiger partial charge in [0.15, 0.2) is 5.76 Å². The third kappa shape index (κ3) is 3.55. The highest BCUT2D eigenvalue weighted by atomic mass is 16.3. The fourth-order valence-electron chi connectivity index (χ4n) is 2.69. The van der Waals surface area contributed by atoms with Gasteiger partial charge in [-0.2, -0.15) is 0 Å². The van der Waals surface area contributed by atoms with Crippen LogP contribution in [0.15, 0.2) is 88.5 Å². The summed E-state index contributed by atoms with van der Waals surface area (Å²) in [5, 5.41) is 2.61. The highest BCUT2D eigenvalue weighted by Gasteiger charge is 2.14. The Morgan fingerprint density at radius 1 is 0.926 bits per heavy atom. The monoisotopic (exact) mass is 357 g/mol. The number of anilines is 1. The predicted octanol–water partition coefficient (Wildman–Crippen LogP) is 3.95. The number of carbonyl (C=O) groups is 1. The van der Waals surface area contributed by atoms with E-state index in [-0.39, 0.29) is 11.4 Å². The molecule has 6 nitrogen and oxygen atoms in total. The Labute approximate surface area is 154 Å². The smallest absolute Gasteiger partial charge is 0.291 e. The first-order valence-corrected chi connectivity index (χ1v) is 8.30. The number of nitrogens with one attached hydrogen (secondary N) is 2. The number of H-pyrrole nitrogens is 1. The Balaban J connectivity index is 1.58. The molecular weight excluding hydrogens is 342 g/mol. The second kappa shape index (κ2) is 7.13. The Hall–Kier alpha value is -3.93. The van der Waals surface area contributed by atoms with Crippen molar-refractivity contribution in [3.63, 3.8) is 0 Å². The van der Waals surface area contributed by atoms with Crippen molar-refractivity contribution in [1.29, 1.82) is 0 Å². The predicted molar refractivity (Wildman–Crippen MR) is 102 cm³/mol. The number of pyridine rings is 2. The summed E-state index contributed by atoms with van der Waals surface area (Å²) in [6.45, 7) is 0. The molecule has 4 aromatic rings. The number of aromatic nitrogens is 2. The number of amides is 1. The van der Waals surface area contributed by atoms with Crippen molar-refractivity contribution < 1.29 is 9.21 Å². The molecule has 0 spiro atoms. The maximum Gasteiger partial charge on any atom is 0.291 e. The van der Waals surface area contributed by atoms with E-state index in [0.717, 1.165) is 16.7 Å². The summed E-state index contributed by atoms with van der Waals surface area (Å²) >= 11 is 0. The first kappa shape index (κ1) is 16.5. The second-order valence-corrected chi connectivity index (χ2v) is 5.85. The molecule has 27 heavy (non-hydrogen) atoms. The SMILES string of the molecule is O=C(Nc1cc(-c2ccncc2)c[nH]c1=O)c1ccc(-c2ccccc2)o1. The normalized spacial score (nSPS) is 10.5. The van der Waals surface area contributed by atoms with Gasteiger partial charge in [-0.05, 0) is 35.9 Å². The number of furan rings is 1. The molecule has 0 aliphatic rings. The highest BCUT2D eigenvalue weighted by molar-refractivity contribution is 6.02. The van der Waals surface area contributed by atoms with E-state index in [2.05, 4.69) is 15.3 Å². The molecule has 3 heterocycles. The van der Waals surface area contributed by atoms with Crippen LogP contribution in [0.4, 0.5) is 5.69 Å². The Bertz CT molecular complexity index is 1130. The largest absolute Gasteiger partial charge is 0.451 e. The fraction of sp³-hybridized carbons (Fsp3) is 0. The van der Waals surface area contributed by atoms with Gasteiger partial charge >= 0.3 is 0 Å². The van der Waals surface area contributed by atoms with Crippen LogP contribution in [0.3, 0.4) is 0 Å². The van der Waals surface area contributed by atoms with E-state index in [9.17, 15) is 9.59 Å². The molecule has 3 aromatic heterocycles. The first-order chi connectivity index (χ1) is 13.2. The van der Waals surface area contributed by atoms with Crippen LogP contribution in [0, 0.1) is 0 Å². The van der Waals surface area contributed by atoms with Gasteiger partial charge in [0, 0.05) is 29.7 Å². The molecule has 0 bridgehead atoms. The molecule has 4 rings (SSSR count). The highest BCUT2D eigenvalue weighted by Crippen LogP contribution is 2.23. The van der Waals surface area contributed by atoms with Crippen molar-refractivity contribution in [3.8, 4) is 22.5 Å². The molecule has 0 atom stereocenters. The van der Waals surface area contributed by atoms with Crippen LogP contribution in [0.2, 0.25) is 0 Å². The summed E-state index contributed by atoms with van der Waals surface area (Å²) in [5.74, 6) is 0.220.